The van der Waals surface area contributed by atoms with E-state index in [-0.39, 0.29) is 5.79 Å². The van der Waals surface area contributed by atoms with Gasteiger partial charge in [0.25, 0.3) is 0 Å². The second kappa shape index (κ2) is 3.46. The number of hydrogen-bond acceptors (Lipinski definition) is 2. The van der Waals surface area contributed by atoms with E-state index in [2.05, 4.69) is 15.9 Å². The Labute approximate surface area is 93.5 Å². The first-order chi connectivity index (χ1) is 6.88. The molecule has 0 unspecified atom stereocenters. The molecule has 1 aliphatic heterocycles. The topological polar surface area (TPSA) is 18.5 Å². The lowest BCUT2D eigenvalue weighted by molar-refractivity contribution is -0.311. The molecule has 3 atom stereocenters. The molecule has 1 spiro atoms. The second-order valence-corrected chi connectivity index (χ2v) is 5.50. The van der Waals surface area contributed by atoms with E-state index in [9.17, 15) is 0 Å². The van der Waals surface area contributed by atoms with E-state index in [1.807, 2.05) is 0 Å². The third-order valence-corrected chi connectivity index (χ3v) is 4.74. The van der Waals surface area contributed by atoms with E-state index in [1.165, 1.54) is 25.7 Å². The van der Waals surface area contributed by atoms with Crippen molar-refractivity contribution in [2.45, 2.75) is 31.5 Å². The van der Waals surface area contributed by atoms with E-state index in [0.29, 0.717) is 11.8 Å². The summed E-state index contributed by atoms with van der Waals surface area (Å²) in [5.41, 5.74) is 0. The van der Waals surface area contributed by atoms with Crippen molar-refractivity contribution in [2.75, 3.05) is 18.5 Å². The number of rotatable bonds is 2. The highest BCUT2D eigenvalue weighted by molar-refractivity contribution is 9.09. The normalized spacial score (nSPS) is 43.9. The molecule has 0 radical (unpaired) electrons. The van der Waals surface area contributed by atoms with Crippen molar-refractivity contribution < 1.29 is 9.47 Å². The van der Waals surface area contributed by atoms with Gasteiger partial charge in [0.2, 0.25) is 0 Å². The highest BCUT2D eigenvalue weighted by atomic mass is 79.9. The van der Waals surface area contributed by atoms with Crippen molar-refractivity contribution in [3.63, 3.8) is 0 Å². The summed E-state index contributed by atoms with van der Waals surface area (Å²) in [7, 11) is 0. The standard InChI is InChI=1S/C11H17BrO2/c12-5-4-10-8-2-1-3-9(8)11(10)13-6-7-14-11/h8-10H,1-7H2/t8-,9+,10-/m0/s1. The molecule has 0 aromatic heterocycles. The lowest BCUT2D eigenvalue weighted by Gasteiger charge is -2.55. The maximum absolute atomic E-state index is 5.91. The van der Waals surface area contributed by atoms with Crippen LogP contribution in [0.15, 0.2) is 0 Å². The van der Waals surface area contributed by atoms with Gasteiger partial charge in [0.15, 0.2) is 5.79 Å². The summed E-state index contributed by atoms with van der Waals surface area (Å²) in [6, 6.07) is 0. The predicted octanol–water partition coefficient (Wildman–Crippen LogP) is 2.56. The molecular formula is C11H17BrO2. The molecule has 3 rings (SSSR count). The molecule has 1 heterocycles. The van der Waals surface area contributed by atoms with Crippen LogP contribution in [-0.4, -0.2) is 24.3 Å². The molecule has 0 aromatic rings. The van der Waals surface area contributed by atoms with Crippen molar-refractivity contribution in [3.8, 4) is 0 Å². The predicted molar refractivity (Wildman–Crippen MR) is 57.4 cm³/mol. The molecule has 3 aliphatic rings. The molecule has 3 fully saturated rings. The average Bonchev–Trinajstić information content (AvgIpc) is 2.82. The second-order valence-electron chi connectivity index (χ2n) is 4.70. The summed E-state index contributed by atoms with van der Waals surface area (Å²) in [4.78, 5) is 0. The SMILES string of the molecule is BrCC[C@H]1[C@H]2CCC[C@H]2C12OCCO2. The van der Waals surface area contributed by atoms with Crippen LogP contribution in [0.3, 0.4) is 0 Å². The van der Waals surface area contributed by atoms with Crippen LogP contribution in [0.4, 0.5) is 0 Å². The minimum absolute atomic E-state index is 0.144. The van der Waals surface area contributed by atoms with Crippen LogP contribution >= 0.6 is 15.9 Å². The fraction of sp³-hybridized carbons (Fsp3) is 1.00. The average molecular weight is 261 g/mol. The Balaban J connectivity index is 1.80. The van der Waals surface area contributed by atoms with Gasteiger partial charge in [-0.1, -0.05) is 22.4 Å². The Hall–Kier alpha value is 0.400. The molecule has 1 saturated heterocycles. The van der Waals surface area contributed by atoms with Crippen molar-refractivity contribution in [1.29, 1.82) is 0 Å². The van der Waals surface area contributed by atoms with Crippen LogP contribution in [-0.2, 0) is 9.47 Å². The van der Waals surface area contributed by atoms with E-state index in [1.54, 1.807) is 0 Å². The minimum atomic E-state index is -0.144. The zero-order valence-electron chi connectivity index (χ0n) is 8.38. The first kappa shape index (κ1) is 9.61. The van der Waals surface area contributed by atoms with Crippen molar-refractivity contribution in [3.05, 3.63) is 0 Å². The van der Waals surface area contributed by atoms with Crippen LogP contribution in [0.2, 0.25) is 0 Å². The van der Waals surface area contributed by atoms with Crippen molar-refractivity contribution >= 4 is 15.9 Å². The number of halogens is 1. The van der Waals surface area contributed by atoms with Gasteiger partial charge in [-0.25, -0.2) is 0 Å². The van der Waals surface area contributed by atoms with Crippen LogP contribution in [0.1, 0.15) is 25.7 Å². The number of hydrogen-bond donors (Lipinski definition) is 0. The molecule has 80 valence electrons. The quantitative estimate of drug-likeness (QED) is 0.711. The van der Waals surface area contributed by atoms with Gasteiger partial charge in [-0.05, 0) is 25.2 Å². The maximum atomic E-state index is 5.91. The van der Waals surface area contributed by atoms with Gasteiger partial charge < -0.3 is 9.47 Å². The molecule has 0 bridgehead atoms. The molecule has 0 aromatic carbocycles. The summed E-state index contributed by atoms with van der Waals surface area (Å²) in [6.07, 6.45) is 5.31. The molecule has 14 heavy (non-hydrogen) atoms. The zero-order chi connectivity index (χ0) is 9.60. The Kier molecular flexibility index (Phi) is 2.38. The molecule has 2 nitrogen and oxygen atoms in total. The molecule has 0 amide bonds. The Morgan fingerprint density at radius 2 is 2.00 bits per heavy atom. The fourth-order valence-electron chi connectivity index (χ4n) is 3.83. The molecule has 2 saturated carbocycles. The Morgan fingerprint density at radius 3 is 2.71 bits per heavy atom. The Bertz CT molecular complexity index is 225. The van der Waals surface area contributed by atoms with Crippen LogP contribution in [0.25, 0.3) is 0 Å². The first-order valence-corrected chi connectivity index (χ1v) is 6.84. The van der Waals surface area contributed by atoms with Gasteiger partial charge >= 0.3 is 0 Å². The van der Waals surface area contributed by atoms with E-state index in [0.717, 1.165) is 24.5 Å². The lowest BCUT2D eigenvalue weighted by Crippen LogP contribution is -2.61. The highest BCUT2D eigenvalue weighted by Crippen LogP contribution is 2.62. The third kappa shape index (κ3) is 1.09. The first-order valence-electron chi connectivity index (χ1n) is 5.72. The van der Waals surface area contributed by atoms with E-state index < -0.39 is 0 Å². The summed E-state index contributed by atoms with van der Waals surface area (Å²) in [5, 5.41) is 1.08. The molecule has 3 heteroatoms. The summed E-state index contributed by atoms with van der Waals surface area (Å²) >= 11 is 3.54. The van der Waals surface area contributed by atoms with Crippen molar-refractivity contribution in [2.24, 2.45) is 17.8 Å². The van der Waals surface area contributed by atoms with Crippen LogP contribution in [0.5, 0.6) is 0 Å². The molecule has 0 N–H and O–H groups in total. The van der Waals surface area contributed by atoms with Gasteiger partial charge in [0.1, 0.15) is 0 Å². The minimum Gasteiger partial charge on any atom is -0.347 e. The van der Waals surface area contributed by atoms with Gasteiger partial charge in [0, 0.05) is 17.2 Å². The smallest absolute Gasteiger partial charge is 0.174 e. The largest absolute Gasteiger partial charge is 0.347 e. The molecular weight excluding hydrogens is 244 g/mol. The summed E-state index contributed by atoms with van der Waals surface area (Å²) in [6.45, 7) is 1.62. The van der Waals surface area contributed by atoms with E-state index in [4.69, 9.17) is 9.47 Å². The highest BCUT2D eigenvalue weighted by Gasteiger charge is 2.66. The molecule has 2 aliphatic carbocycles. The number of ether oxygens (including phenoxy) is 2. The number of alkyl halides is 1. The number of fused-ring (bicyclic) bond motifs is 2. The van der Waals surface area contributed by atoms with E-state index >= 15 is 0 Å². The van der Waals surface area contributed by atoms with Gasteiger partial charge in [-0.3, -0.25) is 0 Å². The van der Waals surface area contributed by atoms with Gasteiger partial charge in [0.05, 0.1) is 13.2 Å². The Morgan fingerprint density at radius 1 is 1.21 bits per heavy atom. The fourth-order valence-corrected chi connectivity index (χ4v) is 4.32. The van der Waals surface area contributed by atoms with Gasteiger partial charge in [-0.15, -0.1) is 0 Å². The van der Waals surface area contributed by atoms with Gasteiger partial charge in [-0.2, -0.15) is 0 Å². The van der Waals surface area contributed by atoms with Crippen LogP contribution in [0, 0.1) is 17.8 Å². The lowest BCUT2D eigenvalue weighted by atomic mass is 9.60. The summed E-state index contributed by atoms with van der Waals surface area (Å²) in [5.74, 6) is 2.13. The maximum Gasteiger partial charge on any atom is 0.174 e. The van der Waals surface area contributed by atoms with Crippen molar-refractivity contribution in [1.82, 2.24) is 0 Å². The summed E-state index contributed by atoms with van der Waals surface area (Å²) < 4.78 is 11.8. The monoisotopic (exact) mass is 260 g/mol. The zero-order valence-corrected chi connectivity index (χ0v) is 9.96. The van der Waals surface area contributed by atoms with Crippen LogP contribution < -0.4 is 0 Å². The third-order valence-electron chi connectivity index (χ3n) is 4.28.